The zero-order valence-electron chi connectivity index (χ0n) is 16.4. The molecule has 3 heterocycles. The second-order valence-corrected chi connectivity index (χ2v) is 7.64. The van der Waals surface area contributed by atoms with Crippen LogP contribution >= 0.6 is 0 Å². The highest BCUT2D eigenvalue weighted by Crippen LogP contribution is 2.33. The molecule has 2 aromatic carbocycles. The number of nitrogen functional groups attached to an aromatic ring is 1. The third-order valence-electron chi connectivity index (χ3n) is 5.71. The van der Waals surface area contributed by atoms with E-state index in [9.17, 15) is 14.3 Å². The number of aromatic amines is 2. The fraction of sp³-hybridized carbons (Fsp3) is 0.238. The molecule has 5 N–H and O–H groups in total. The highest BCUT2D eigenvalue weighted by molar-refractivity contribution is 5.99. The molecule has 2 aromatic heterocycles. The van der Waals surface area contributed by atoms with Crippen molar-refractivity contribution in [2.75, 3.05) is 43.9 Å². The summed E-state index contributed by atoms with van der Waals surface area (Å²) in [5, 5.41) is 9.67. The summed E-state index contributed by atoms with van der Waals surface area (Å²) in [5.74, 6) is -1.16. The van der Waals surface area contributed by atoms with Gasteiger partial charge < -0.3 is 30.6 Å². The van der Waals surface area contributed by atoms with Gasteiger partial charge in [-0.25, -0.2) is 9.37 Å². The number of imidazole rings is 1. The number of fused-ring (bicyclic) bond motifs is 2. The van der Waals surface area contributed by atoms with Crippen LogP contribution in [0.4, 0.5) is 15.8 Å². The molecule has 0 amide bonds. The van der Waals surface area contributed by atoms with Crippen LogP contribution in [0, 0.1) is 5.82 Å². The van der Waals surface area contributed by atoms with E-state index in [1.807, 2.05) is 18.2 Å². The average Bonchev–Trinajstić information content (AvgIpc) is 3.13. The lowest BCUT2D eigenvalue weighted by atomic mass is 10.1. The molecule has 8 nitrogen and oxygen atoms in total. The van der Waals surface area contributed by atoms with Crippen molar-refractivity contribution in [1.29, 1.82) is 0 Å². The molecule has 1 saturated heterocycles. The molecule has 1 fully saturated rings. The minimum atomic E-state index is -0.879. The summed E-state index contributed by atoms with van der Waals surface area (Å²) in [7, 11) is 2.11. The topological polar surface area (TPSA) is 114 Å². The molecule has 5 rings (SSSR count). The standard InChI is InChI=1S/C21H21FN6O2/c1-27-6-8-28(9-7-27)11-2-3-12-14(10-11)25-20(24-12)17-19(23)16-13(26-21(17)30)4-5-15(29)18(16)22/h2-5,10,29H,6-9H2,1H3,(H,24,25)(H3,23,26,30). The summed E-state index contributed by atoms with van der Waals surface area (Å²) < 4.78 is 14.5. The number of pyridine rings is 1. The van der Waals surface area contributed by atoms with E-state index in [4.69, 9.17) is 5.73 Å². The number of benzene rings is 2. The van der Waals surface area contributed by atoms with Gasteiger partial charge in [0.05, 0.1) is 27.6 Å². The van der Waals surface area contributed by atoms with Crippen LogP contribution in [0.25, 0.3) is 33.3 Å². The number of nitrogens with zero attached hydrogens (tertiary/aromatic N) is 3. The zero-order valence-corrected chi connectivity index (χ0v) is 16.4. The molecule has 0 saturated carbocycles. The molecule has 0 bridgehead atoms. The number of hydrogen-bond acceptors (Lipinski definition) is 6. The number of H-pyrrole nitrogens is 2. The molecule has 30 heavy (non-hydrogen) atoms. The number of likely N-dealkylation sites (N-methyl/N-ethyl adjacent to an activating group) is 1. The number of phenolic OH excluding ortho intramolecular Hbond substituents is 1. The first kappa shape index (κ1) is 18.4. The second-order valence-electron chi connectivity index (χ2n) is 7.64. The minimum Gasteiger partial charge on any atom is -0.505 e. The van der Waals surface area contributed by atoms with Gasteiger partial charge in [-0.3, -0.25) is 4.79 Å². The lowest BCUT2D eigenvalue weighted by Gasteiger charge is -2.34. The third kappa shape index (κ3) is 2.86. The van der Waals surface area contributed by atoms with E-state index in [1.54, 1.807) is 0 Å². The zero-order chi connectivity index (χ0) is 21.0. The van der Waals surface area contributed by atoms with E-state index in [0.717, 1.165) is 37.4 Å². The van der Waals surface area contributed by atoms with Gasteiger partial charge in [0, 0.05) is 31.9 Å². The Morgan fingerprint density at radius 2 is 1.87 bits per heavy atom. The number of anilines is 2. The van der Waals surface area contributed by atoms with Gasteiger partial charge >= 0.3 is 0 Å². The predicted molar refractivity (Wildman–Crippen MR) is 115 cm³/mol. The molecular formula is C21H21FN6O2. The van der Waals surface area contributed by atoms with Crippen LogP contribution < -0.4 is 16.2 Å². The van der Waals surface area contributed by atoms with Gasteiger partial charge in [-0.15, -0.1) is 0 Å². The molecule has 9 heteroatoms. The summed E-state index contributed by atoms with van der Waals surface area (Å²) in [6.45, 7) is 3.85. The Bertz CT molecular complexity index is 1340. The molecular weight excluding hydrogens is 387 g/mol. The van der Waals surface area contributed by atoms with Crippen molar-refractivity contribution in [3.05, 3.63) is 46.5 Å². The van der Waals surface area contributed by atoms with E-state index in [1.165, 1.54) is 12.1 Å². The van der Waals surface area contributed by atoms with Crippen LogP contribution in [-0.4, -0.2) is 58.2 Å². The molecule has 1 aliphatic heterocycles. The van der Waals surface area contributed by atoms with Crippen molar-refractivity contribution in [3.8, 4) is 17.1 Å². The number of halogens is 1. The lowest BCUT2D eigenvalue weighted by Crippen LogP contribution is -2.44. The third-order valence-corrected chi connectivity index (χ3v) is 5.71. The Labute approximate surface area is 170 Å². The number of aromatic hydroxyl groups is 1. The van der Waals surface area contributed by atoms with Gasteiger partial charge in [-0.1, -0.05) is 0 Å². The number of nitrogens with one attached hydrogen (secondary N) is 2. The van der Waals surface area contributed by atoms with Gasteiger partial charge in [-0.05, 0) is 37.4 Å². The van der Waals surface area contributed by atoms with Crippen molar-refractivity contribution < 1.29 is 9.50 Å². The van der Waals surface area contributed by atoms with Crippen LogP contribution in [0.3, 0.4) is 0 Å². The number of nitrogens with two attached hydrogens (primary N) is 1. The van der Waals surface area contributed by atoms with E-state index in [0.29, 0.717) is 5.52 Å². The Hall–Kier alpha value is -3.59. The molecule has 0 atom stereocenters. The van der Waals surface area contributed by atoms with Gasteiger partial charge in [0.15, 0.2) is 11.6 Å². The number of piperazine rings is 1. The SMILES string of the molecule is CN1CCN(c2ccc3nc(-c4c(N)c5c(F)c(O)ccc5[nH]c4=O)[nH]c3c2)CC1. The first-order valence-electron chi connectivity index (χ1n) is 9.69. The smallest absolute Gasteiger partial charge is 0.261 e. The highest BCUT2D eigenvalue weighted by Gasteiger charge is 2.20. The van der Waals surface area contributed by atoms with E-state index in [2.05, 4.69) is 31.8 Å². The van der Waals surface area contributed by atoms with Gasteiger partial charge in [-0.2, -0.15) is 0 Å². The number of hydrogen-bond donors (Lipinski definition) is 4. The fourth-order valence-corrected chi connectivity index (χ4v) is 3.98. The Kier molecular flexibility index (Phi) is 4.14. The van der Waals surface area contributed by atoms with Crippen LogP contribution in [0.5, 0.6) is 5.75 Å². The van der Waals surface area contributed by atoms with Crippen LogP contribution in [0.15, 0.2) is 35.1 Å². The first-order valence-corrected chi connectivity index (χ1v) is 9.69. The maximum absolute atomic E-state index is 14.5. The quantitative estimate of drug-likeness (QED) is 0.405. The highest BCUT2D eigenvalue weighted by atomic mass is 19.1. The Morgan fingerprint density at radius 1 is 1.10 bits per heavy atom. The van der Waals surface area contributed by atoms with Crippen molar-refractivity contribution >= 4 is 33.3 Å². The summed E-state index contributed by atoms with van der Waals surface area (Å²) in [4.78, 5) is 27.5. The monoisotopic (exact) mass is 408 g/mol. The minimum absolute atomic E-state index is 0.0387. The largest absolute Gasteiger partial charge is 0.505 e. The fourth-order valence-electron chi connectivity index (χ4n) is 3.98. The predicted octanol–water partition coefficient (Wildman–Crippen LogP) is 2.25. The van der Waals surface area contributed by atoms with Crippen molar-refractivity contribution in [1.82, 2.24) is 19.9 Å². The van der Waals surface area contributed by atoms with Crippen LogP contribution in [-0.2, 0) is 0 Å². The van der Waals surface area contributed by atoms with E-state index < -0.39 is 17.1 Å². The number of aromatic nitrogens is 3. The maximum atomic E-state index is 14.5. The molecule has 4 aromatic rings. The average molecular weight is 408 g/mol. The summed E-state index contributed by atoms with van der Waals surface area (Å²) in [5.41, 5.74) is 8.38. The molecule has 0 aliphatic carbocycles. The van der Waals surface area contributed by atoms with Crippen molar-refractivity contribution in [3.63, 3.8) is 0 Å². The van der Waals surface area contributed by atoms with Crippen molar-refractivity contribution in [2.45, 2.75) is 0 Å². The van der Waals surface area contributed by atoms with Gasteiger partial charge in [0.25, 0.3) is 5.56 Å². The first-order chi connectivity index (χ1) is 14.4. The van der Waals surface area contributed by atoms with Gasteiger partial charge in [0.2, 0.25) is 0 Å². The summed E-state index contributed by atoms with van der Waals surface area (Å²) >= 11 is 0. The molecule has 0 unspecified atom stereocenters. The van der Waals surface area contributed by atoms with Crippen LogP contribution in [0.1, 0.15) is 0 Å². The second kappa shape index (κ2) is 6.74. The molecule has 0 radical (unpaired) electrons. The normalized spacial score (nSPS) is 15.3. The van der Waals surface area contributed by atoms with E-state index in [-0.39, 0.29) is 28.0 Å². The Balaban J connectivity index is 1.62. The molecule has 154 valence electrons. The van der Waals surface area contributed by atoms with Crippen molar-refractivity contribution in [2.24, 2.45) is 0 Å². The number of rotatable bonds is 2. The number of phenols is 1. The molecule has 1 aliphatic rings. The Morgan fingerprint density at radius 3 is 2.63 bits per heavy atom. The lowest BCUT2D eigenvalue weighted by molar-refractivity contribution is 0.313. The molecule has 0 spiro atoms. The summed E-state index contributed by atoms with van der Waals surface area (Å²) in [6, 6.07) is 8.48. The van der Waals surface area contributed by atoms with E-state index >= 15 is 0 Å². The van der Waals surface area contributed by atoms with Crippen LogP contribution in [0.2, 0.25) is 0 Å². The van der Waals surface area contributed by atoms with Gasteiger partial charge in [0.1, 0.15) is 11.4 Å². The summed E-state index contributed by atoms with van der Waals surface area (Å²) in [6.07, 6.45) is 0. The maximum Gasteiger partial charge on any atom is 0.261 e.